The maximum absolute atomic E-state index is 5.76. The molecule has 0 atom stereocenters. The third-order valence-electron chi connectivity index (χ3n) is 5.11. The molecule has 1 heterocycles. The summed E-state index contributed by atoms with van der Waals surface area (Å²) in [5, 5.41) is 6.72. The quantitative estimate of drug-likeness (QED) is 0.177. The number of aromatic nitrogens is 1. The van der Waals surface area contributed by atoms with Crippen LogP contribution in [0.1, 0.15) is 37.3 Å². The highest BCUT2D eigenvalue weighted by Crippen LogP contribution is 2.29. The van der Waals surface area contributed by atoms with Gasteiger partial charge in [0.15, 0.2) is 17.5 Å². The van der Waals surface area contributed by atoms with Gasteiger partial charge in [-0.25, -0.2) is 4.98 Å². The molecule has 0 spiro atoms. The van der Waals surface area contributed by atoms with E-state index >= 15 is 0 Å². The predicted octanol–water partition coefficient (Wildman–Crippen LogP) is 4.19. The topological polar surface area (TPSA) is 77.0 Å². The number of hydrogen-bond acceptors (Lipinski definition) is 5. The molecule has 1 fully saturated rings. The summed E-state index contributed by atoms with van der Waals surface area (Å²) >= 11 is 0. The van der Waals surface area contributed by atoms with Gasteiger partial charge in [-0.3, -0.25) is 4.99 Å². The number of benzene rings is 1. The summed E-state index contributed by atoms with van der Waals surface area (Å²) < 4.78 is 16.8. The third kappa shape index (κ3) is 8.72. The molecular weight excluding hydrogens is 519 g/mol. The summed E-state index contributed by atoms with van der Waals surface area (Å²) in [4.78, 5) is 8.60. The second kappa shape index (κ2) is 14.0. The highest BCUT2D eigenvalue weighted by Gasteiger charge is 2.22. The summed E-state index contributed by atoms with van der Waals surface area (Å²) in [6.45, 7) is 4.85. The van der Waals surface area contributed by atoms with Crippen LogP contribution in [-0.4, -0.2) is 44.9 Å². The Balaban J connectivity index is 0.00000363. The zero-order chi connectivity index (χ0) is 21.9. The van der Waals surface area contributed by atoms with Gasteiger partial charge < -0.3 is 24.8 Å². The number of nitrogens with zero attached hydrogens (tertiary/aromatic N) is 2. The Morgan fingerprint density at radius 1 is 1.09 bits per heavy atom. The Morgan fingerprint density at radius 2 is 1.94 bits per heavy atom. The molecule has 8 heteroatoms. The molecule has 0 unspecified atom stereocenters. The maximum Gasteiger partial charge on any atom is 0.213 e. The highest BCUT2D eigenvalue weighted by atomic mass is 127. The van der Waals surface area contributed by atoms with Gasteiger partial charge in [0.05, 0.1) is 20.3 Å². The molecule has 1 aromatic carbocycles. The zero-order valence-electron chi connectivity index (χ0n) is 19.2. The first-order chi connectivity index (χ1) is 15.2. The fourth-order valence-corrected chi connectivity index (χ4v) is 3.18. The largest absolute Gasteiger partial charge is 0.493 e. The van der Waals surface area contributed by atoms with E-state index in [1.54, 1.807) is 20.4 Å². The van der Waals surface area contributed by atoms with Gasteiger partial charge in [-0.15, -0.1) is 24.0 Å². The van der Waals surface area contributed by atoms with Gasteiger partial charge in [-0.1, -0.05) is 6.07 Å². The van der Waals surface area contributed by atoms with Gasteiger partial charge in [0.25, 0.3) is 0 Å². The fraction of sp³-hybridized carbons (Fsp3) is 0.500. The molecule has 1 aliphatic rings. The first-order valence-electron chi connectivity index (χ1n) is 11.0. The minimum Gasteiger partial charge on any atom is -0.493 e. The van der Waals surface area contributed by atoms with E-state index in [4.69, 9.17) is 14.2 Å². The van der Waals surface area contributed by atoms with Crippen LogP contribution < -0.4 is 24.8 Å². The Morgan fingerprint density at radius 3 is 2.66 bits per heavy atom. The molecule has 2 aromatic rings. The van der Waals surface area contributed by atoms with Crippen LogP contribution in [0.4, 0.5) is 0 Å². The number of nitrogens with one attached hydrogen (secondary N) is 2. The van der Waals surface area contributed by atoms with Crippen LogP contribution in [0.15, 0.2) is 41.5 Å². The van der Waals surface area contributed by atoms with E-state index in [2.05, 4.69) is 32.7 Å². The van der Waals surface area contributed by atoms with Crippen LogP contribution in [0.5, 0.6) is 17.4 Å². The minimum absolute atomic E-state index is 0. The lowest BCUT2D eigenvalue weighted by Gasteiger charge is -2.13. The number of hydrogen-bond donors (Lipinski definition) is 2. The summed E-state index contributed by atoms with van der Waals surface area (Å²) in [5.74, 6) is 3.76. The molecule has 0 amide bonds. The SMILES string of the molecule is CCOc1cc(CCCNC(=NC)NCc2ccnc(OCC3CC3)c2)ccc1OC.I. The lowest BCUT2D eigenvalue weighted by molar-refractivity contribution is 0.288. The van der Waals surface area contributed by atoms with Crippen molar-refractivity contribution in [2.24, 2.45) is 10.9 Å². The van der Waals surface area contributed by atoms with Crippen LogP contribution in [0.25, 0.3) is 0 Å². The number of aryl methyl sites for hydroxylation is 1. The van der Waals surface area contributed by atoms with Crippen molar-refractivity contribution < 1.29 is 14.2 Å². The first-order valence-corrected chi connectivity index (χ1v) is 11.0. The number of guanidine groups is 1. The third-order valence-corrected chi connectivity index (χ3v) is 5.11. The Bertz CT molecular complexity index is 859. The summed E-state index contributed by atoms with van der Waals surface area (Å²) in [7, 11) is 3.44. The molecular formula is C24H35IN4O3. The fourth-order valence-electron chi connectivity index (χ4n) is 3.18. The predicted molar refractivity (Wildman–Crippen MR) is 139 cm³/mol. The van der Waals surface area contributed by atoms with Crippen LogP contribution in [0.2, 0.25) is 0 Å². The molecule has 1 aliphatic carbocycles. The van der Waals surface area contributed by atoms with Gasteiger partial charge in [0.2, 0.25) is 5.88 Å². The van der Waals surface area contributed by atoms with Crippen LogP contribution >= 0.6 is 24.0 Å². The molecule has 32 heavy (non-hydrogen) atoms. The average molecular weight is 554 g/mol. The van der Waals surface area contributed by atoms with Crippen molar-refractivity contribution in [2.75, 3.05) is 33.9 Å². The molecule has 0 bridgehead atoms. The van der Waals surface area contributed by atoms with Crippen molar-refractivity contribution >= 4 is 29.9 Å². The van der Waals surface area contributed by atoms with Crippen LogP contribution in [0.3, 0.4) is 0 Å². The van der Waals surface area contributed by atoms with Gasteiger partial charge in [-0.05, 0) is 67.9 Å². The lowest BCUT2D eigenvalue weighted by atomic mass is 10.1. The molecule has 1 saturated carbocycles. The van der Waals surface area contributed by atoms with Crippen molar-refractivity contribution in [3.8, 4) is 17.4 Å². The zero-order valence-corrected chi connectivity index (χ0v) is 21.6. The van der Waals surface area contributed by atoms with E-state index in [0.717, 1.165) is 54.9 Å². The minimum atomic E-state index is 0. The normalized spacial score (nSPS) is 13.2. The van der Waals surface area contributed by atoms with Gasteiger partial charge >= 0.3 is 0 Å². The molecule has 0 radical (unpaired) electrons. The van der Waals surface area contributed by atoms with Crippen molar-refractivity contribution in [1.82, 2.24) is 15.6 Å². The standard InChI is InChI=1S/C24H34N4O3.HI/c1-4-30-22-14-18(9-10-21(22)29-3)6-5-12-27-24(25-2)28-16-20-11-13-26-23(15-20)31-17-19-7-8-19;/h9-11,13-15,19H,4-8,12,16-17H2,1-3H3,(H2,25,27,28);1H. The highest BCUT2D eigenvalue weighted by molar-refractivity contribution is 14.0. The van der Waals surface area contributed by atoms with Gasteiger partial charge in [0.1, 0.15) is 0 Å². The second-order valence-corrected chi connectivity index (χ2v) is 7.63. The Hall–Kier alpha value is -2.23. The second-order valence-electron chi connectivity index (χ2n) is 7.63. The lowest BCUT2D eigenvalue weighted by Crippen LogP contribution is -2.37. The van der Waals surface area contributed by atoms with Crippen LogP contribution in [-0.2, 0) is 13.0 Å². The van der Waals surface area contributed by atoms with E-state index in [9.17, 15) is 0 Å². The number of halogens is 1. The number of ether oxygens (including phenoxy) is 3. The van der Waals surface area contributed by atoms with Crippen LogP contribution in [0, 0.1) is 5.92 Å². The van der Waals surface area contributed by atoms with Crippen molar-refractivity contribution in [2.45, 2.75) is 39.2 Å². The Kier molecular flexibility index (Phi) is 11.4. The van der Waals surface area contributed by atoms with E-state index in [-0.39, 0.29) is 24.0 Å². The summed E-state index contributed by atoms with van der Waals surface area (Å²) in [5.41, 5.74) is 2.34. The molecule has 0 aliphatic heterocycles. The first kappa shape index (κ1) is 26.0. The molecule has 176 valence electrons. The van der Waals surface area contributed by atoms with E-state index in [1.165, 1.54) is 18.4 Å². The number of pyridine rings is 1. The van der Waals surface area contributed by atoms with Crippen molar-refractivity contribution in [1.29, 1.82) is 0 Å². The number of methoxy groups -OCH3 is 1. The van der Waals surface area contributed by atoms with Crippen molar-refractivity contribution in [3.63, 3.8) is 0 Å². The van der Waals surface area contributed by atoms with Crippen molar-refractivity contribution in [3.05, 3.63) is 47.7 Å². The number of aliphatic imine (C=N–C) groups is 1. The molecule has 0 saturated heterocycles. The summed E-state index contributed by atoms with van der Waals surface area (Å²) in [6.07, 6.45) is 6.26. The number of rotatable bonds is 12. The monoisotopic (exact) mass is 554 g/mol. The van der Waals surface area contributed by atoms with E-state index in [0.29, 0.717) is 19.0 Å². The molecule has 2 N–H and O–H groups in total. The molecule has 1 aromatic heterocycles. The maximum atomic E-state index is 5.76. The smallest absolute Gasteiger partial charge is 0.213 e. The van der Waals surface area contributed by atoms with Gasteiger partial charge in [-0.2, -0.15) is 0 Å². The van der Waals surface area contributed by atoms with E-state index < -0.39 is 0 Å². The summed E-state index contributed by atoms with van der Waals surface area (Å²) in [6, 6.07) is 10.1. The Labute approximate surface area is 208 Å². The molecule has 7 nitrogen and oxygen atoms in total. The van der Waals surface area contributed by atoms with Gasteiger partial charge in [0, 0.05) is 32.4 Å². The molecule has 3 rings (SSSR count). The van der Waals surface area contributed by atoms with E-state index in [1.807, 2.05) is 25.1 Å². The average Bonchev–Trinajstić information content (AvgIpc) is 3.62.